The highest BCUT2D eigenvalue weighted by atomic mass is 19.4. The minimum atomic E-state index is -5.08. The van der Waals surface area contributed by atoms with E-state index in [0.717, 1.165) is 30.8 Å². The van der Waals surface area contributed by atoms with Crippen LogP contribution in [0, 0.1) is 0 Å². The molecule has 4 N–H and O–H groups in total. The maximum atomic E-state index is 12.9. The molecule has 0 bridgehead atoms. The molecule has 3 heterocycles. The molecule has 0 saturated carbocycles. The number of carboxylic acids is 2. The quantitative estimate of drug-likeness (QED) is 0.263. The Morgan fingerprint density at radius 2 is 1.57 bits per heavy atom. The van der Waals surface area contributed by atoms with Crippen molar-refractivity contribution >= 4 is 23.5 Å². The fourth-order valence-electron chi connectivity index (χ4n) is 3.99. The number of benzene rings is 2. The standard InChI is InChI=1S/C24H26N4O4.2C2HF3O2/c29-24(23-16-31-20-5-1-2-6-21(20)32-23)27-19-8-7-17(18-14-25-26-15-18)13-22(19)30-12-11-28-9-3-4-10-28;2*3-2(4,5)1(6)7/h1-2,5-8,13-15,23H,3-4,9-12,16H2,(H,25,26)(H,27,29);2*(H,6,7)/t23-;;/m1../s1. The lowest BCUT2D eigenvalue weighted by molar-refractivity contribution is -0.193. The number of carbonyl (C=O) groups is 3. The molecule has 0 unspecified atom stereocenters. The Bertz CT molecular complexity index is 1440. The molecule has 2 aliphatic rings. The number of amides is 1. The third-order valence-corrected chi connectivity index (χ3v) is 6.22. The number of aliphatic carboxylic acids is 2. The molecule has 18 heteroatoms. The van der Waals surface area contributed by atoms with E-state index in [1.54, 1.807) is 12.3 Å². The Morgan fingerprint density at radius 1 is 0.957 bits per heavy atom. The van der Waals surface area contributed by atoms with Crippen LogP contribution in [0.5, 0.6) is 17.2 Å². The van der Waals surface area contributed by atoms with Crippen molar-refractivity contribution in [2.24, 2.45) is 0 Å². The number of rotatable bonds is 7. The molecule has 12 nitrogen and oxygen atoms in total. The van der Waals surface area contributed by atoms with Gasteiger partial charge in [-0.2, -0.15) is 31.4 Å². The smallest absolute Gasteiger partial charge is 0.490 e. The molecule has 0 spiro atoms. The van der Waals surface area contributed by atoms with Crippen molar-refractivity contribution in [1.82, 2.24) is 15.1 Å². The van der Waals surface area contributed by atoms with Gasteiger partial charge < -0.3 is 29.7 Å². The van der Waals surface area contributed by atoms with E-state index < -0.39 is 30.4 Å². The summed E-state index contributed by atoms with van der Waals surface area (Å²) in [5, 5.41) is 24.1. The second kappa shape index (κ2) is 15.8. The lowest BCUT2D eigenvalue weighted by Gasteiger charge is -2.26. The molecule has 1 atom stereocenters. The van der Waals surface area contributed by atoms with Crippen LogP contribution in [0.1, 0.15) is 12.8 Å². The topological polar surface area (TPSA) is 163 Å². The second-order valence-corrected chi connectivity index (χ2v) is 9.55. The van der Waals surface area contributed by atoms with Crippen molar-refractivity contribution in [3.8, 4) is 28.4 Å². The lowest BCUT2D eigenvalue weighted by atomic mass is 10.1. The van der Waals surface area contributed by atoms with Gasteiger partial charge in [0.05, 0.1) is 11.9 Å². The van der Waals surface area contributed by atoms with Crippen molar-refractivity contribution < 1.29 is 65.1 Å². The summed E-state index contributed by atoms with van der Waals surface area (Å²) in [6.07, 6.45) is -4.84. The Morgan fingerprint density at radius 3 is 2.13 bits per heavy atom. The number of halogens is 6. The molecule has 1 fully saturated rings. The van der Waals surface area contributed by atoms with Crippen molar-refractivity contribution in [3.63, 3.8) is 0 Å². The molecule has 1 amide bonds. The van der Waals surface area contributed by atoms with E-state index in [9.17, 15) is 31.1 Å². The van der Waals surface area contributed by atoms with Crippen molar-refractivity contribution in [2.75, 3.05) is 38.2 Å². The highest BCUT2D eigenvalue weighted by molar-refractivity contribution is 5.96. The number of para-hydroxylation sites is 2. The second-order valence-electron chi connectivity index (χ2n) is 9.55. The normalized spacial score (nSPS) is 15.8. The zero-order chi connectivity index (χ0) is 33.9. The minimum absolute atomic E-state index is 0.154. The molecular weight excluding hydrogens is 634 g/mol. The van der Waals surface area contributed by atoms with Gasteiger partial charge in [-0.05, 0) is 55.8 Å². The lowest BCUT2D eigenvalue weighted by Crippen LogP contribution is -2.40. The van der Waals surface area contributed by atoms with Gasteiger partial charge in [-0.25, -0.2) is 9.59 Å². The number of carboxylic acid groups (broad SMARTS) is 2. The molecule has 2 aromatic carbocycles. The monoisotopic (exact) mass is 662 g/mol. The third kappa shape index (κ3) is 10.9. The Balaban J connectivity index is 0.000000345. The summed E-state index contributed by atoms with van der Waals surface area (Å²) >= 11 is 0. The number of alkyl halides is 6. The molecule has 250 valence electrons. The van der Waals surface area contributed by atoms with E-state index in [0.29, 0.717) is 29.5 Å². The van der Waals surface area contributed by atoms with Gasteiger partial charge in [0.15, 0.2) is 11.5 Å². The van der Waals surface area contributed by atoms with Gasteiger partial charge >= 0.3 is 24.3 Å². The first-order valence-corrected chi connectivity index (χ1v) is 13.4. The molecule has 1 aromatic heterocycles. The van der Waals surface area contributed by atoms with Crippen LogP contribution < -0.4 is 19.5 Å². The number of nitrogens with one attached hydrogen (secondary N) is 2. The van der Waals surface area contributed by atoms with Crippen LogP contribution in [0.15, 0.2) is 54.9 Å². The van der Waals surface area contributed by atoms with Crippen LogP contribution in [0.4, 0.5) is 32.0 Å². The number of aromatic nitrogens is 2. The van der Waals surface area contributed by atoms with Crippen LogP contribution in [0.25, 0.3) is 11.1 Å². The summed E-state index contributed by atoms with van der Waals surface area (Å²) in [6.45, 7) is 3.79. The van der Waals surface area contributed by atoms with Gasteiger partial charge in [-0.3, -0.25) is 14.8 Å². The number of hydrogen-bond acceptors (Lipinski definition) is 8. The molecule has 5 rings (SSSR count). The summed E-state index contributed by atoms with van der Waals surface area (Å²) < 4.78 is 81.1. The summed E-state index contributed by atoms with van der Waals surface area (Å²) in [4.78, 5) is 33.1. The van der Waals surface area contributed by atoms with Crippen molar-refractivity contribution in [1.29, 1.82) is 0 Å². The Kier molecular flexibility index (Phi) is 12.2. The van der Waals surface area contributed by atoms with Crippen LogP contribution in [-0.2, 0) is 14.4 Å². The van der Waals surface area contributed by atoms with Crippen LogP contribution in [0.2, 0.25) is 0 Å². The number of hydrogen-bond donors (Lipinski definition) is 4. The number of likely N-dealkylation sites (tertiary alicyclic amines) is 1. The Labute approximate surface area is 256 Å². The molecule has 1 saturated heterocycles. The van der Waals surface area contributed by atoms with Gasteiger partial charge in [0, 0.05) is 18.3 Å². The van der Waals surface area contributed by atoms with Crippen LogP contribution in [0.3, 0.4) is 0 Å². The zero-order valence-corrected chi connectivity index (χ0v) is 23.7. The molecule has 3 aromatic rings. The number of fused-ring (bicyclic) bond motifs is 1. The van der Waals surface area contributed by atoms with E-state index in [1.807, 2.05) is 42.6 Å². The average Bonchev–Trinajstić information content (AvgIpc) is 3.73. The minimum Gasteiger partial charge on any atom is -0.490 e. The fourth-order valence-corrected chi connectivity index (χ4v) is 3.99. The highest BCUT2D eigenvalue weighted by Gasteiger charge is 2.39. The Hall–Kier alpha value is -5.00. The first-order chi connectivity index (χ1) is 21.6. The number of H-pyrrole nitrogens is 1. The number of carbonyl (C=O) groups excluding carboxylic acids is 1. The van der Waals surface area contributed by atoms with Crippen LogP contribution in [-0.4, -0.2) is 94.5 Å². The molecule has 0 aliphatic carbocycles. The van der Waals surface area contributed by atoms with E-state index in [2.05, 4.69) is 20.4 Å². The maximum Gasteiger partial charge on any atom is 0.490 e. The number of aromatic amines is 1. The van der Waals surface area contributed by atoms with E-state index >= 15 is 0 Å². The predicted octanol–water partition coefficient (Wildman–Crippen LogP) is 4.60. The summed E-state index contributed by atoms with van der Waals surface area (Å²) in [7, 11) is 0. The highest BCUT2D eigenvalue weighted by Crippen LogP contribution is 2.33. The first kappa shape index (κ1) is 35.5. The van der Waals surface area contributed by atoms with Crippen molar-refractivity contribution in [2.45, 2.75) is 31.3 Å². The maximum absolute atomic E-state index is 12.9. The van der Waals surface area contributed by atoms with Gasteiger partial charge in [0.25, 0.3) is 5.91 Å². The van der Waals surface area contributed by atoms with Gasteiger partial charge in [0.2, 0.25) is 6.10 Å². The molecule has 0 radical (unpaired) electrons. The molecule has 46 heavy (non-hydrogen) atoms. The fraction of sp³-hybridized carbons (Fsp3) is 0.357. The van der Waals surface area contributed by atoms with Gasteiger partial charge in [0.1, 0.15) is 19.0 Å². The van der Waals surface area contributed by atoms with E-state index in [1.165, 1.54) is 12.8 Å². The van der Waals surface area contributed by atoms with Crippen molar-refractivity contribution in [3.05, 3.63) is 54.9 Å². The molecular formula is C28H28F6N4O8. The SMILES string of the molecule is O=C(Nc1ccc(-c2cn[nH]c2)cc1OCCN1CCCC1)[C@H]1COc2ccccc2O1.O=C(O)C(F)(F)F.O=C(O)C(F)(F)F. The van der Waals surface area contributed by atoms with E-state index in [4.69, 9.17) is 34.0 Å². The number of anilines is 1. The third-order valence-electron chi connectivity index (χ3n) is 6.22. The number of ether oxygens (including phenoxy) is 3. The zero-order valence-electron chi connectivity index (χ0n) is 23.7. The average molecular weight is 663 g/mol. The van der Waals surface area contributed by atoms with Gasteiger partial charge in [-0.1, -0.05) is 18.2 Å². The summed E-state index contributed by atoms with van der Waals surface area (Å²) in [5.74, 6) is -3.96. The summed E-state index contributed by atoms with van der Waals surface area (Å²) in [5.41, 5.74) is 2.51. The van der Waals surface area contributed by atoms with E-state index in [-0.39, 0.29) is 12.5 Å². The first-order valence-electron chi connectivity index (χ1n) is 13.4. The largest absolute Gasteiger partial charge is 0.490 e. The van der Waals surface area contributed by atoms with Gasteiger partial charge in [-0.15, -0.1) is 0 Å². The predicted molar refractivity (Wildman–Crippen MR) is 148 cm³/mol. The van der Waals surface area contributed by atoms with Crippen LogP contribution >= 0.6 is 0 Å². The summed E-state index contributed by atoms with van der Waals surface area (Å²) in [6, 6.07) is 13.0. The molecule has 2 aliphatic heterocycles. The number of nitrogens with zero attached hydrogens (tertiary/aromatic N) is 2.